The fourth-order valence-corrected chi connectivity index (χ4v) is 5.69. The third kappa shape index (κ3) is 3.02. The summed E-state index contributed by atoms with van der Waals surface area (Å²) in [5.74, 6) is 0. The van der Waals surface area contributed by atoms with Crippen molar-refractivity contribution in [1.82, 2.24) is 0 Å². The predicted octanol–water partition coefficient (Wildman–Crippen LogP) is 9.51. The second-order valence-corrected chi connectivity index (χ2v) is 9.22. The first-order chi connectivity index (χ1) is 17.8. The Hall–Kier alpha value is -4.93. The van der Waals surface area contributed by atoms with E-state index < -0.39 is 0 Å². The van der Waals surface area contributed by atoms with E-state index >= 15 is 0 Å². The zero-order valence-electron chi connectivity index (χ0n) is 19.6. The summed E-state index contributed by atoms with van der Waals surface area (Å²) >= 11 is 0. The minimum atomic E-state index is 0.690. The van der Waals surface area contributed by atoms with Crippen molar-refractivity contribution in [3.05, 3.63) is 133 Å². The van der Waals surface area contributed by atoms with E-state index in [9.17, 15) is 5.26 Å². The summed E-state index contributed by atoms with van der Waals surface area (Å²) in [5.41, 5.74) is 5.06. The predicted molar refractivity (Wildman–Crippen MR) is 152 cm³/mol. The molecular formula is C35H21N. The maximum atomic E-state index is 9.66. The van der Waals surface area contributed by atoms with Crippen LogP contribution in [-0.2, 0) is 0 Å². The van der Waals surface area contributed by atoms with Gasteiger partial charge in [0.2, 0.25) is 0 Å². The molecule has 0 spiro atoms. The Bertz CT molecular complexity index is 2010. The lowest BCUT2D eigenvalue weighted by Gasteiger charge is -2.16. The fraction of sp³-hybridized carbons (Fsp3) is 0. The van der Waals surface area contributed by atoms with Gasteiger partial charge in [-0.3, -0.25) is 0 Å². The number of fused-ring (bicyclic) bond motifs is 8. The van der Waals surface area contributed by atoms with Crippen molar-refractivity contribution in [1.29, 1.82) is 5.26 Å². The topological polar surface area (TPSA) is 23.8 Å². The third-order valence-corrected chi connectivity index (χ3v) is 7.28. The van der Waals surface area contributed by atoms with Gasteiger partial charge in [0.25, 0.3) is 0 Å². The molecule has 0 aliphatic heterocycles. The van der Waals surface area contributed by atoms with Gasteiger partial charge >= 0.3 is 0 Å². The van der Waals surface area contributed by atoms with Gasteiger partial charge in [-0.2, -0.15) is 5.26 Å². The second-order valence-electron chi connectivity index (χ2n) is 9.22. The van der Waals surface area contributed by atoms with E-state index in [1.807, 2.05) is 24.3 Å². The molecule has 0 heterocycles. The molecule has 0 saturated heterocycles. The van der Waals surface area contributed by atoms with E-state index in [0.29, 0.717) is 5.56 Å². The van der Waals surface area contributed by atoms with Crippen LogP contribution in [0.5, 0.6) is 0 Å². The van der Waals surface area contributed by atoms with Crippen molar-refractivity contribution in [3.63, 3.8) is 0 Å². The molecule has 0 N–H and O–H groups in total. The van der Waals surface area contributed by atoms with Crippen LogP contribution < -0.4 is 0 Å². The van der Waals surface area contributed by atoms with E-state index in [2.05, 4.69) is 109 Å². The van der Waals surface area contributed by atoms with Gasteiger partial charge in [-0.1, -0.05) is 109 Å². The molecule has 1 heteroatoms. The van der Waals surface area contributed by atoms with Crippen molar-refractivity contribution in [2.45, 2.75) is 0 Å². The third-order valence-electron chi connectivity index (χ3n) is 7.28. The molecule has 0 aliphatic carbocycles. The SMILES string of the molecule is N#Cc1ccccc1-c1cccc(-c2cc3c4ccccc4c4ccccc4c3c3ccccc23)c1. The van der Waals surface area contributed by atoms with Gasteiger partial charge in [-0.25, -0.2) is 0 Å². The average Bonchev–Trinajstić information content (AvgIpc) is 2.96. The summed E-state index contributed by atoms with van der Waals surface area (Å²) in [6.45, 7) is 0. The van der Waals surface area contributed by atoms with Crippen LogP contribution in [0.25, 0.3) is 65.3 Å². The normalized spacial score (nSPS) is 11.3. The largest absolute Gasteiger partial charge is 0.192 e. The minimum absolute atomic E-state index is 0.690. The Kier molecular flexibility index (Phi) is 4.59. The maximum Gasteiger partial charge on any atom is 0.0998 e. The lowest BCUT2D eigenvalue weighted by Crippen LogP contribution is -1.89. The second kappa shape index (κ2) is 8.08. The first kappa shape index (κ1) is 20.4. The number of hydrogen-bond acceptors (Lipinski definition) is 1. The number of nitrogens with zero attached hydrogens (tertiary/aromatic N) is 1. The summed E-state index contributed by atoms with van der Waals surface area (Å²) in [5, 5.41) is 19.8. The molecule has 0 aliphatic rings. The van der Waals surface area contributed by atoms with Crippen LogP contribution in [0.1, 0.15) is 5.56 Å². The maximum absolute atomic E-state index is 9.66. The molecule has 7 aromatic carbocycles. The molecule has 0 atom stereocenters. The summed E-state index contributed by atoms with van der Waals surface area (Å²) in [4.78, 5) is 0. The van der Waals surface area contributed by atoms with Crippen LogP contribution in [-0.4, -0.2) is 0 Å². The highest BCUT2D eigenvalue weighted by Gasteiger charge is 2.15. The number of benzene rings is 7. The number of rotatable bonds is 2. The van der Waals surface area contributed by atoms with Crippen molar-refractivity contribution in [2.24, 2.45) is 0 Å². The lowest BCUT2D eigenvalue weighted by molar-refractivity contribution is 1.48. The molecule has 1 nitrogen and oxygen atoms in total. The first-order valence-corrected chi connectivity index (χ1v) is 12.2. The molecule has 0 unspecified atom stereocenters. The highest BCUT2D eigenvalue weighted by atomic mass is 14.2. The zero-order valence-corrected chi connectivity index (χ0v) is 19.6. The van der Waals surface area contributed by atoms with Crippen molar-refractivity contribution in [2.75, 3.05) is 0 Å². The van der Waals surface area contributed by atoms with Crippen molar-refractivity contribution >= 4 is 43.1 Å². The molecule has 7 aromatic rings. The number of hydrogen-bond donors (Lipinski definition) is 0. The molecular weight excluding hydrogens is 434 g/mol. The van der Waals surface area contributed by atoms with Crippen LogP contribution in [0.3, 0.4) is 0 Å². The molecule has 7 rings (SSSR count). The van der Waals surface area contributed by atoms with Gasteiger partial charge in [-0.15, -0.1) is 0 Å². The summed E-state index contributed by atoms with van der Waals surface area (Å²) in [6.07, 6.45) is 0. The van der Waals surface area contributed by atoms with Gasteiger partial charge in [0.1, 0.15) is 0 Å². The Morgan fingerprint density at radius 2 is 0.889 bits per heavy atom. The van der Waals surface area contributed by atoms with Gasteiger partial charge in [-0.05, 0) is 83.5 Å². The summed E-state index contributed by atoms with van der Waals surface area (Å²) < 4.78 is 0. The van der Waals surface area contributed by atoms with Gasteiger partial charge in [0.05, 0.1) is 11.6 Å². The Morgan fingerprint density at radius 3 is 1.58 bits per heavy atom. The minimum Gasteiger partial charge on any atom is -0.192 e. The first-order valence-electron chi connectivity index (χ1n) is 12.2. The molecule has 0 amide bonds. The van der Waals surface area contributed by atoms with Crippen LogP contribution in [0.4, 0.5) is 0 Å². The number of nitriles is 1. The average molecular weight is 456 g/mol. The molecule has 0 radical (unpaired) electrons. The van der Waals surface area contributed by atoms with Crippen LogP contribution >= 0.6 is 0 Å². The van der Waals surface area contributed by atoms with E-state index in [-0.39, 0.29) is 0 Å². The smallest absolute Gasteiger partial charge is 0.0998 e. The molecule has 0 saturated carbocycles. The summed E-state index contributed by atoms with van der Waals surface area (Å²) in [7, 11) is 0. The Morgan fingerprint density at radius 1 is 0.389 bits per heavy atom. The van der Waals surface area contributed by atoms with Crippen LogP contribution in [0, 0.1) is 11.3 Å². The van der Waals surface area contributed by atoms with E-state index in [1.165, 1.54) is 48.7 Å². The van der Waals surface area contributed by atoms with E-state index in [4.69, 9.17) is 0 Å². The monoisotopic (exact) mass is 455 g/mol. The highest BCUT2D eigenvalue weighted by molar-refractivity contribution is 6.33. The highest BCUT2D eigenvalue weighted by Crippen LogP contribution is 2.43. The zero-order chi connectivity index (χ0) is 24.1. The molecule has 166 valence electrons. The Labute approximate surface area is 209 Å². The Balaban J connectivity index is 1.61. The van der Waals surface area contributed by atoms with Crippen LogP contribution in [0.15, 0.2) is 127 Å². The molecule has 0 bridgehead atoms. The summed E-state index contributed by atoms with van der Waals surface area (Å²) in [6, 6.07) is 47.3. The van der Waals surface area contributed by atoms with Crippen molar-refractivity contribution in [3.8, 4) is 28.3 Å². The van der Waals surface area contributed by atoms with E-state index in [1.54, 1.807) is 0 Å². The van der Waals surface area contributed by atoms with Gasteiger partial charge in [0.15, 0.2) is 0 Å². The molecule has 0 aromatic heterocycles. The van der Waals surface area contributed by atoms with Gasteiger partial charge < -0.3 is 0 Å². The standard InChI is InChI=1S/C35H21N/c36-22-25-10-1-2-13-26(25)23-11-9-12-24(20-23)33-21-34-29-16-4-3-14-27(29)28-15-5-7-18-31(28)35(34)32-19-8-6-17-30(32)33/h1-21H. The quantitative estimate of drug-likeness (QED) is 0.238. The molecule has 36 heavy (non-hydrogen) atoms. The molecule has 0 fully saturated rings. The van der Waals surface area contributed by atoms with Crippen LogP contribution in [0.2, 0.25) is 0 Å². The fourth-order valence-electron chi connectivity index (χ4n) is 5.69. The van der Waals surface area contributed by atoms with Crippen molar-refractivity contribution < 1.29 is 0 Å². The van der Waals surface area contributed by atoms with Gasteiger partial charge in [0, 0.05) is 0 Å². The van der Waals surface area contributed by atoms with E-state index in [0.717, 1.165) is 16.7 Å². The lowest BCUT2D eigenvalue weighted by atomic mass is 9.87.